The van der Waals surface area contributed by atoms with Crippen molar-refractivity contribution in [2.24, 2.45) is 5.92 Å². The van der Waals surface area contributed by atoms with Crippen LogP contribution in [-0.4, -0.2) is 36.4 Å². The normalized spacial score (nSPS) is 33.9. The number of rotatable bonds is 1. The second-order valence-electron chi connectivity index (χ2n) is 4.12. The second-order valence-corrected chi connectivity index (χ2v) is 4.12. The molecule has 0 spiro atoms. The van der Waals surface area contributed by atoms with Crippen LogP contribution in [0, 0.1) is 17.2 Å². The fourth-order valence-corrected chi connectivity index (χ4v) is 2.29. The van der Waals surface area contributed by atoms with Gasteiger partial charge in [-0.3, -0.25) is 4.90 Å². The maximum absolute atomic E-state index is 13.0. The molecule has 6 heteroatoms. The Bertz CT molecular complexity index is 388. The Balaban J connectivity index is 2.39. The third-order valence-electron chi connectivity index (χ3n) is 3.16. The minimum absolute atomic E-state index is 0.304. The summed E-state index contributed by atoms with van der Waals surface area (Å²) in [5, 5.41) is 12.2. The van der Waals surface area contributed by atoms with Crippen molar-refractivity contribution in [1.29, 1.82) is 5.26 Å². The molecule has 0 aromatic carbocycles. The van der Waals surface area contributed by atoms with Crippen LogP contribution in [0.15, 0.2) is 24.3 Å². The molecule has 3 nitrogen and oxygen atoms in total. The van der Waals surface area contributed by atoms with E-state index in [1.165, 1.54) is 23.1 Å². The van der Waals surface area contributed by atoms with Crippen LogP contribution in [0.1, 0.15) is 0 Å². The minimum atomic E-state index is -4.42. The molecule has 0 saturated carbocycles. The van der Waals surface area contributed by atoms with Crippen molar-refractivity contribution in [3.05, 3.63) is 24.3 Å². The van der Waals surface area contributed by atoms with E-state index in [0.717, 1.165) is 6.08 Å². The van der Waals surface area contributed by atoms with Crippen molar-refractivity contribution in [3.63, 3.8) is 0 Å². The zero-order chi connectivity index (χ0) is 12.5. The van der Waals surface area contributed by atoms with Crippen LogP contribution in [0.2, 0.25) is 0 Å². The van der Waals surface area contributed by atoms with Gasteiger partial charge in [0.1, 0.15) is 11.5 Å². The summed E-state index contributed by atoms with van der Waals surface area (Å²) in [6.07, 6.45) is 0.834. The van der Waals surface area contributed by atoms with E-state index in [4.69, 9.17) is 0 Å². The van der Waals surface area contributed by atoms with Crippen molar-refractivity contribution in [1.82, 2.24) is 10.2 Å². The van der Waals surface area contributed by atoms with Crippen LogP contribution in [-0.2, 0) is 0 Å². The maximum Gasteiger partial charge on any atom is 0.398 e. The lowest BCUT2D eigenvalue weighted by atomic mass is 9.80. The van der Waals surface area contributed by atoms with Crippen molar-refractivity contribution >= 4 is 0 Å². The third kappa shape index (κ3) is 1.96. The summed E-state index contributed by atoms with van der Waals surface area (Å²) in [5.41, 5.74) is -1.61. The molecule has 2 atom stereocenters. The molecule has 1 N–H and O–H groups in total. The average Bonchev–Trinajstić information content (AvgIpc) is 2.81. The van der Waals surface area contributed by atoms with Gasteiger partial charge in [0, 0.05) is 19.8 Å². The molecule has 1 aliphatic heterocycles. The number of hydrogen-bond acceptors (Lipinski definition) is 3. The lowest BCUT2D eigenvalue weighted by molar-refractivity contribution is -0.181. The standard InChI is InChI=1S/C11H12F3N3/c12-11(13,14)9-3-1-2-4-10(9,7-15)17-6-5-16-8-17/h1-4,9,16H,5-6,8H2. The molecule has 92 valence electrons. The summed E-state index contributed by atoms with van der Waals surface area (Å²) in [5.74, 6) is -1.77. The first-order valence-corrected chi connectivity index (χ1v) is 5.30. The van der Waals surface area contributed by atoms with Gasteiger partial charge in [-0.15, -0.1) is 0 Å². The highest BCUT2D eigenvalue weighted by molar-refractivity contribution is 5.34. The molecule has 2 unspecified atom stereocenters. The van der Waals surface area contributed by atoms with E-state index >= 15 is 0 Å². The van der Waals surface area contributed by atoms with Crippen LogP contribution in [0.25, 0.3) is 0 Å². The number of allylic oxidation sites excluding steroid dienone is 2. The highest BCUT2D eigenvalue weighted by atomic mass is 19.4. The SMILES string of the molecule is N#CC1(N2CCNC2)C=CC=CC1C(F)(F)F. The molecule has 1 aliphatic carbocycles. The van der Waals surface area contributed by atoms with Crippen molar-refractivity contribution in [3.8, 4) is 6.07 Å². The number of alkyl halides is 3. The summed E-state index contributed by atoms with van der Waals surface area (Å²) in [7, 11) is 0. The van der Waals surface area contributed by atoms with Gasteiger partial charge >= 0.3 is 6.18 Å². The molecule has 0 radical (unpaired) electrons. The summed E-state index contributed by atoms with van der Waals surface area (Å²) in [4.78, 5) is 1.53. The number of hydrogen-bond donors (Lipinski definition) is 1. The minimum Gasteiger partial charge on any atom is -0.303 e. The maximum atomic E-state index is 13.0. The Morgan fingerprint density at radius 1 is 1.41 bits per heavy atom. The smallest absolute Gasteiger partial charge is 0.303 e. The number of nitrogens with one attached hydrogen (secondary N) is 1. The van der Waals surface area contributed by atoms with E-state index in [-0.39, 0.29) is 0 Å². The summed E-state index contributed by atoms with van der Waals surface area (Å²) in [6.45, 7) is 1.35. The van der Waals surface area contributed by atoms with E-state index in [9.17, 15) is 18.4 Å². The largest absolute Gasteiger partial charge is 0.398 e. The first-order chi connectivity index (χ1) is 8.00. The predicted molar refractivity (Wildman–Crippen MR) is 55.7 cm³/mol. The molecular formula is C11H12F3N3. The molecule has 1 saturated heterocycles. The fourth-order valence-electron chi connectivity index (χ4n) is 2.29. The highest BCUT2D eigenvalue weighted by Gasteiger charge is 2.55. The van der Waals surface area contributed by atoms with Gasteiger partial charge in [0.25, 0.3) is 0 Å². The fraction of sp³-hybridized carbons (Fsp3) is 0.545. The number of nitriles is 1. The first kappa shape index (κ1) is 12.1. The zero-order valence-electron chi connectivity index (χ0n) is 9.04. The Kier molecular flexibility index (Phi) is 2.98. The summed E-state index contributed by atoms with van der Waals surface area (Å²) >= 11 is 0. The highest BCUT2D eigenvalue weighted by Crippen LogP contribution is 2.41. The molecule has 2 rings (SSSR count). The number of halogens is 3. The Morgan fingerprint density at radius 2 is 2.18 bits per heavy atom. The molecule has 2 aliphatic rings. The Labute approximate surface area is 97.2 Å². The van der Waals surface area contributed by atoms with Gasteiger partial charge in [-0.2, -0.15) is 18.4 Å². The van der Waals surface area contributed by atoms with Gasteiger partial charge in [0.05, 0.1) is 6.07 Å². The van der Waals surface area contributed by atoms with E-state index in [0.29, 0.717) is 19.8 Å². The Morgan fingerprint density at radius 3 is 2.71 bits per heavy atom. The van der Waals surface area contributed by atoms with Gasteiger partial charge in [0.15, 0.2) is 0 Å². The van der Waals surface area contributed by atoms with Crippen molar-refractivity contribution in [2.75, 3.05) is 19.8 Å². The molecule has 1 heterocycles. The molecular weight excluding hydrogens is 231 g/mol. The van der Waals surface area contributed by atoms with E-state index in [1.807, 2.05) is 6.07 Å². The number of nitrogens with zero attached hydrogens (tertiary/aromatic N) is 2. The molecule has 1 fully saturated rings. The predicted octanol–water partition coefficient (Wildman–Crippen LogP) is 1.42. The molecule has 0 bridgehead atoms. The topological polar surface area (TPSA) is 39.1 Å². The Hall–Kier alpha value is -1.32. The molecule has 0 aromatic rings. The molecule has 17 heavy (non-hydrogen) atoms. The zero-order valence-corrected chi connectivity index (χ0v) is 9.04. The van der Waals surface area contributed by atoms with Crippen LogP contribution < -0.4 is 5.32 Å². The van der Waals surface area contributed by atoms with Crippen LogP contribution in [0.5, 0.6) is 0 Å². The van der Waals surface area contributed by atoms with Crippen LogP contribution in [0.3, 0.4) is 0 Å². The lowest BCUT2D eigenvalue weighted by Crippen LogP contribution is -2.55. The van der Waals surface area contributed by atoms with Gasteiger partial charge in [-0.1, -0.05) is 18.2 Å². The molecule has 0 aromatic heterocycles. The monoisotopic (exact) mass is 243 g/mol. The second kappa shape index (κ2) is 4.17. The van der Waals surface area contributed by atoms with Gasteiger partial charge in [-0.05, 0) is 6.08 Å². The van der Waals surface area contributed by atoms with Gasteiger partial charge in [0.2, 0.25) is 0 Å². The van der Waals surface area contributed by atoms with Gasteiger partial charge < -0.3 is 5.32 Å². The van der Waals surface area contributed by atoms with Crippen LogP contribution in [0.4, 0.5) is 13.2 Å². The quantitative estimate of drug-likeness (QED) is 0.757. The summed E-state index contributed by atoms with van der Waals surface area (Å²) < 4.78 is 39.0. The van der Waals surface area contributed by atoms with Crippen molar-refractivity contribution < 1.29 is 13.2 Å². The third-order valence-corrected chi connectivity index (χ3v) is 3.16. The molecule has 0 amide bonds. The average molecular weight is 243 g/mol. The van der Waals surface area contributed by atoms with E-state index in [1.54, 1.807) is 0 Å². The van der Waals surface area contributed by atoms with Gasteiger partial charge in [-0.25, -0.2) is 0 Å². The first-order valence-electron chi connectivity index (χ1n) is 5.30. The van der Waals surface area contributed by atoms with Crippen molar-refractivity contribution in [2.45, 2.75) is 11.7 Å². The van der Waals surface area contributed by atoms with E-state index < -0.39 is 17.6 Å². The van der Waals surface area contributed by atoms with Crippen LogP contribution >= 0.6 is 0 Å². The van der Waals surface area contributed by atoms with E-state index in [2.05, 4.69) is 5.32 Å². The lowest BCUT2D eigenvalue weighted by Gasteiger charge is -2.40. The summed E-state index contributed by atoms with van der Waals surface area (Å²) in [6, 6.07) is 1.84.